The second kappa shape index (κ2) is 7.88. The molecule has 0 aromatic carbocycles. The molecule has 1 rings (SSSR count). The molecular weight excluding hydrogens is 250 g/mol. The van der Waals surface area contributed by atoms with Gasteiger partial charge in [0.2, 0.25) is 0 Å². The maximum Gasteiger partial charge on any atom is 0.254 e. The fraction of sp³-hybridized carbons (Fsp3) is 0.625. The molecule has 112 valence electrons. The highest BCUT2D eigenvalue weighted by Gasteiger charge is 2.19. The van der Waals surface area contributed by atoms with Crippen LogP contribution in [0, 0.1) is 5.41 Å². The molecule has 1 aromatic rings. The number of pyridine rings is 1. The van der Waals surface area contributed by atoms with E-state index in [1.165, 1.54) is 19.3 Å². The van der Waals surface area contributed by atoms with Crippen LogP contribution < -0.4 is 10.6 Å². The van der Waals surface area contributed by atoms with Gasteiger partial charge in [-0.1, -0.05) is 40.0 Å². The van der Waals surface area contributed by atoms with Gasteiger partial charge in [-0.05, 0) is 17.9 Å². The van der Waals surface area contributed by atoms with Gasteiger partial charge >= 0.3 is 0 Å². The minimum absolute atomic E-state index is 0.0639. The quantitative estimate of drug-likeness (QED) is 0.715. The topological polar surface area (TPSA) is 54.0 Å². The van der Waals surface area contributed by atoms with Crippen molar-refractivity contribution in [3.63, 3.8) is 0 Å². The van der Waals surface area contributed by atoms with Crippen LogP contribution >= 0.6 is 0 Å². The maximum absolute atomic E-state index is 12.2. The normalized spacial score (nSPS) is 11.2. The molecule has 0 atom stereocenters. The van der Waals surface area contributed by atoms with Crippen LogP contribution in [0.4, 0.5) is 5.69 Å². The first-order chi connectivity index (χ1) is 9.50. The third kappa shape index (κ3) is 5.19. The summed E-state index contributed by atoms with van der Waals surface area (Å²) in [5.74, 6) is -0.0639. The average Bonchev–Trinajstić information content (AvgIpc) is 2.45. The number of amides is 1. The zero-order valence-electron chi connectivity index (χ0n) is 13.1. The molecule has 1 amide bonds. The number of rotatable bonds is 8. The van der Waals surface area contributed by atoms with Crippen molar-refractivity contribution in [1.82, 2.24) is 10.3 Å². The van der Waals surface area contributed by atoms with Crippen LogP contribution in [0.1, 0.15) is 56.8 Å². The summed E-state index contributed by atoms with van der Waals surface area (Å²) in [6.07, 6.45) is 8.11. The first-order valence-corrected chi connectivity index (χ1v) is 7.40. The van der Waals surface area contributed by atoms with Gasteiger partial charge in [0.05, 0.1) is 5.56 Å². The SMILES string of the molecule is CCCCCC(C)(C)CNC(=O)c1cnccc1NC. The molecule has 0 bridgehead atoms. The molecule has 4 nitrogen and oxygen atoms in total. The Morgan fingerprint density at radius 3 is 2.75 bits per heavy atom. The van der Waals surface area contributed by atoms with Gasteiger partial charge in [-0.15, -0.1) is 0 Å². The summed E-state index contributed by atoms with van der Waals surface area (Å²) in [4.78, 5) is 16.2. The summed E-state index contributed by atoms with van der Waals surface area (Å²) in [7, 11) is 1.81. The number of hydrogen-bond acceptors (Lipinski definition) is 3. The number of carbonyl (C=O) groups is 1. The van der Waals surface area contributed by atoms with Crippen molar-refractivity contribution in [2.75, 3.05) is 18.9 Å². The van der Waals surface area contributed by atoms with Crippen molar-refractivity contribution < 1.29 is 4.79 Å². The number of anilines is 1. The monoisotopic (exact) mass is 277 g/mol. The Balaban J connectivity index is 2.54. The molecule has 1 heterocycles. The van der Waals surface area contributed by atoms with E-state index >= 15 is 0 Å². The van der Waals surface area contributed by atoms with E-state index in [1.54, 1.807) is 25.5 Å². The lowest BCUT2D eigenvalue weighted by Gasteiger charge is -2.25. The Bertz CT molecular complexity index is 429. The van der Waals surface area contributed by atoms with Crippen molar-refractivity contribution >= 4 is 11.6 Å². The van der Waals surface area contributed by atoms with Crippen LogP contribution in [0.15, 0.2) is 18.5 Å². The number of carbonyl (C=O) groups excluding carboxylic acids is 1. The predicted octanol–water partition coefficient (Wildman–Crippen LogP) is 3.46. The van der Waals surface area contributed by atoms with E-state index < -0.39 is 0 Å². The minimum Gasteiger partial charge on any atom is -0.387 e. The molecule has 0 saturated heterocycles. The van der Waals surface area contributed by atoms with Gasteiger partial charge in [0.15, 0.2) is 0 Å². The van der Waals surface area contributed by atoms with E-state index in [4.69, 9.17) is 0 Å². The van der Waals surface area contributed by atoms with Crippen LogP contribution in [-0.4, -0.2) is 24.5 Å². The van der Waals surface area contributed by atoms with E-state index in [1.807, 2.05) is 0 Å². The summed E-state index contributed by atoms with van der Waals surface area (Å²) in [5.41, 5.74) is 1.54. The van der Waals surface area contributed by atoms with E-state index in [-0.39, 0.29) is 11.3 Å². The molecule has 20 heavy (non-hydrogen) atoms. The maximum atomic E-state index is 12.2. The van der Waals surface area contributed by atoms with E-state index in [0.717, 1.165) is 12.1 Å². The lowest BCUT2D eigenvalue weighted by molar-refractivity contribution is 0.0934. The predicted molar refractivity (Wildman–Crippen MR) is 84.0 cm³/mol. The van der Waals surface area contributed by atoms with Crippen molar-refractivity contribution in [3.8, 4) is 0 Å². The summed E-state index contributed by atoms with van der Waals surface area (Å²) in [6.45, 7) is 7.29. The van der Waals surface area contributed by atoms with E-state index in [0.29, 0.717) is 12.1 Å². The second-order valence-corrected chi connectivity index (χ2v) is 5.98. The average molecular weight is 277 g/mol. The largest absolute Gasteiger partial charge is 0.387 e. The third-order valence-corrected chi connectivity index (χ3v) is 3.52. The van der Waals surface area contributed by atoms with E-state index in [2.05, 4.69) is 36.4 Å². The highest BCUT2D eigenvalue weighted by molar-refractivity contribution is 5.99. The molecule has 0 aliphatic heterocycles. The number of nitrogens with one attached hydrogen (secondary N) is 2. The molecule has 0 aliphatic rings. The molecule has 0 fully saturated rings. The number of nitrogens with zero attached hydrogens (tertiary/aromatic N) is 1. The van der Waals surface area contributed by atoms with Gasteiger partial charge < -0.3 is 10.6 Å². The fourth-order valence-corrected chi connectivity index (χ4v) is 2.15. The van der Waals surface area contributed by atoms with Gasteiger partial charge in [0, 0.05) is 31.7 Å². The van der Waals surface area contributed by atoms with Gasteiger partial charge in [0.25, 0.3) is 5.91 Å². The molecule has 4 heteroatoms. The Labute approximate surface area is 122 Å². The molecule has 0 unspecified atom stereocenters. The summed E-state index contributed by atoms with van der Waals surface area (Å²) in [5, 5.41) is 6.04. The summed E-state index contributed by atoms with van der Waals surface area (Å²) >= 11 is 0. The Morgan fingerprint density at radius 1 is 1.35 bits per heavy atom. The highest BCUT2D eigenvalue weighted by Crippen LogP contribution is 2.23. The summed E-state index contributed by atoms with van der Waals surface area (Å²) in [6, 6.07) is 1.81. The molecular formula is C16H27N3O. The van der Waals surface area contributed by atoms with Crippen molar-refractivity contribution in [1.29, 1.82) is 0 Å². The number of unbranched alkanes of at least 4 members (excludes halogenated alkanes) is 2. The Kier molecular flexibility index (Phi) is 6.49. The lowest BCUT2D eigenvalue weighted by atomic mass is 9.87. The zero-order valence-corrected chi connectivity index (χ0v) is 13.1. The first kappa shape index (κ1) is 16.5. The van der Waals surface area contributed by atoms with Gasteiger partial charge in [-0.2, -0.15) is 0 Å². The molecule has 2 N–H and O–H groups in total. The number of hydrogen-bond donors (Lipinski definition) is 2. The number of aromatic nitrogens is 1. The smallest absolute Gasteiger partial charge is 0.254 e. The Morgan fingerprint density at radius 2 is 2.10 bits per heavy atom. The molecule has 0 radical (unpaired) electrons. The first-order valence-electron chi connectivity index (χ1n) is 7.40. The van der Waals surface area contributed by atoms with E-state index in [9.17, 15) is 4.79 Å². The molecule has 0 aliphatic carbocycles. The summed E-state index contributed by atoms with van der Waals surface area (Å²) < 4.78 is 0. The fourth-order valence-electron chi connectivity index (χ4n) is 2.15. The molecule has 0 saturated carbocycles. The van der Waals surface area contributed by atoms with Crippen molar-refractivity contribution in [3.05, 3.63) is 24.0 Å². The molecule has 0 spiro atoms. The Hall–Kier alpha value is -1.58. The third-order valence-electron chi connectivity index (χ3n) is 3.52. The highest BCUT2D eigenvalue weighted by atomic mass is 16.1. The van der Waals surface area contributed by atoms with Gasteiger partial charge in [-0.3, -0.25) is 9.78 Å². The van der Waals surface area contributed by atoms with Crippen LogP contribution in [-0.2, 0) is 0 Å². The molecule has 1 aromatic heterocycles. The lowest BCUT2D eigenvalue weighted by Crippen LogP contribution is -2.34. The minimum atomic E-state index is -0.0639. The van der Waals surface area contributed by atoms with Gasteiger partial charge in [-0.25, -0.2) is 0 Å². The van der Waals surface area contributed by atoms with Crippen LogP contribution in [0.5, 0.6) is 0 Å². The van der Waals surface area contributed by atoms with Gasteiger partial charge in [0.1, 0.15) is 0 Å². The standard InChI is InChI=1S/C16H27N3O/c1-5-6-7-9-16(2,3)12-19-15(20)13-11-18-10-8-14(13)17-4/h8,10-11H,5-7,9,12H2,1-4H3,(H,17,18)(H,19,20). The zero-order chi connectivity index (χ0) is 15.0. The van der Waals surface area contributed by atoms with Crippen LogP contribution in [0.3, 0.4) is 0 Å². The van der Waals surface area contributed by atoms with Crippen LogP contribution in [0.2, 0.25) is 0 Å². The second-order valence-electron chi connectivity index (χ2n) is 5.98. The van der Waals surface area contributed by atoms with Crippen molar-refractivity contribution in [2.24, 2.45) is 5.41 Å². The van der Waals surface area contributed by atoms with Crippen molar-refractivity contribution in [2.45, 2.75) is 46.5 Å². The van der Waals surface area contributed by atoms with Crippen LogP contribution in [0.25, 0.3) is 0 Å².